The van der Waals surface area contributed by atoms with Gasteiger partial charge in [0.2, 0.25) is 5.52 Å². The first-order valence-corrected chi connectivity index (χ1v) is 15.1. The van der Waals surface area contributed by atoms with Gasteiger partial charge in [0, 0.05) is 27.6 Å². The van der Waals surface area contributed by atoms with Crippen molar-refractivity contribution in [3.05, 3.63) is 160 Å². The molecule has 0 fully saturated rings. The molecule has 0 radical (unpaired) electrons. The standard InChI is InChI=1S/C36H31O5P/c1-24-22-25(2)33(26(3)23-24)35(38)42(39)32-21-13-12-20-31(32)34(37)29-18-10-11-19-30(29)36(40-27-14-6-4-7-15-27)41-28-16-8-5-9-17-28/h4-23,36,42H,1-3H3. The summed E-state index contributed by atoms with van der Waals surface area (Å²) in [4.78, 5) is 27.8. The highest BCUT2D eigenvalue weighted by Crippen LogP contribution is 2.34. The predicted molar refractivity (Wildman–Crippen MR) is 167 cm³/mol. The normalized spacial score (nSPS) is 11.6. The molecule has 0 amide bonds. The molecule has 0 saturated carbocycles. The van der Waals surface area contributed by atoms with E-state index in [0.717, 1.165) is 16.7 Å². The van der Waals surface area contributed by atoms with Gasteiger partial charge in [0.05, 0.1) is 0 Å². The fourth-order valence-corrected chi connectivity index (χ4v) is 6.66. The maximum absolute atomic E-state index is 14.2. The third-order valence-electron chi connectivity index (χ3n) is 6.96. The molecular formula is C36H31O5P. The Bertz CT molecular complexity index is 1700. The second-order valence-corrected chi connectivity index (χ2v) is 11.7. The summed E-state index contributed by atoms with van der Waals surface area (Å²) in [7, 11) is -3.04. The molecule has 0 aliphatic heterocycles. The van der Waals surface area contributed by atoms with Crippen molar-refractivity contribution in [1.82, 2.24) is 0 Å². The van der Waals surface area contributed by atoms with E-state index in [0.29, 0.717) is 28.2 Å². The average molecular weight is 575 g/mol. The Morgan fingerprint density at radius 1 is 0.619 bits per heavy atom. The van der Waals surface area contributed by atoms with E-state index in [9.17, 15) is 14.2 Å². The van der Waals surface area contributed by atoms with E-state index in [2.05, 4.69) is 0 Å². The number of aryl methyl sites for hydroxylation is 3. The molecule has 0 aliphatic rings. The molecule has 0 heterocycles. The molecular weight excluding hydrogens is 543 g/mol. The van der Waals surface area contributed by atoms with E-state index in [1.165, 1.54) is 0 Å². The van der Waals surface area contributed by atoms with Crippen LogP contribution in [0.2, 0.25) is 0 Å². The van der Waals surface area contributed by atoms with Crippen LogP contribution in [0.25, 0.3) is 0 Å². The zero-order chi connectivity index (χ0) is 29.6. The average Bonchev–Trinajstić information content (AvgIpc) is 3.00. The highest BCUT2D eigenvalue weighted by molar-refractivity contribution is 7.71. The van der Waals surface area contributed by atoms with Gasteiger partial charge in [-0.25, -0.2) is 0 Å². The quantitative estimate of drug-likeness (QED) is 0.0960. The van der Waals surface area contributed by atoms with Crippen LogP contribution in [0.15, 0.2) is 121 Å². The van der Waals surface area contributed by atoms with Gasteiger partial charge in [0.25, 0.3) is 6.29 Å². The van der Waals surface area contributed by atoms with Crippen LogP contribution in [0.3, 0.4) is 0 Å². The molecule has 5 aromatic rings. The lowest BCUT2D eigenvalue weighted by molar-refractivity contribution is 0.00324. The van der Waals surface area contributed by atoms with Crippen molar-refractivity contribution in [2.45, 2.75) is 27.1 Å². The summed E-state index contributed by atoms with van der Waals surface area (Å²) in [6.45, 7) is 5.64. The van der Waals surface area contributed by atoms with E-state index in [1.807, 2.05) is 99.6 Å². The Balaban J connectivity index is 1.54. The zero-order valence-electron chi connectivity index (χ0n) is 23.7. The van der Waals surface area contributed by atoms with Crippen LogP contribution < -0.4 is 14.8 Å². The van der Waals surface area contributed by atoms with Gasteiger partial charge in [-0.05, 0) is 56.2 Å². The molecule has 210 valence electrons. The largest absolute Gasteiger partial charge is 0.451 e. The Hall–Kier alpha value is -4.73. The molecule has 1 unspecified atom stereocenters. The molecule has 42 heavy (non-hydrogen) atoms. The van der Waals surface area contributed by atoms with Crippen molar-refractivity contribution >= 4 is 24.4 Å². The number of hydrogen-bond donors (Lipinski definition) is 0. The minimum atomic E-state index is -3.04. The minimum Gasteiger partial charge on any atom is -0.451 e. The third-order valence-corrected chi connectivity index (χ3v) is 8.55. The smallest absolute Gasteiger partial charge is 0.268 e. The molecule has 0 bridgehead atoms. The number of para-hydroxylation sites is 2. The fraction of sp³-hybridized carbons (Fsp3) is 0.111. The Kier molecular flexibility index (Phi) is 8.80. The number of carbonyl (C=O) groups is 2. The molecule has 5 rings (SSSR count). The minimum absolute atomic E-state index is 0.211. The summed E-state index contributed by atoms with van der Waals surface area (Å²) >= 11 is 0. The number of rotatable bonds is 10. The van der Waals surface area contributed by atoms with E-state index >= 15 is 0 Å². The molecule has 0 aromatic heterocycles. The first kappa shape index (κ1) is 28.8. The highest BCUT2D eigenvalue weighted by atomic mass is 31.1. The van der Waals surface area contributed by atoms with Crippen molar-refractivity contribution in [3.8, 4) is 11.5 Å². The van der Waals surface area contributed by atoms with Crippen LogP contribution in [-0.2, 0) is 4.57 Å². The predicted octanol–water partition coefficient (Wildman–Crippen LogP) is 8.02. The van der Waals surface area contributed by atoms with Gasteiger partial charge < -0.3 is 14.0 Å². The summed E-state index contributed by atoms with van der Waals surface area (Å²) in [5.74, 6) is 0.768. The molecule has 0 spiro atoms. The zero-order valence-corrected chi connectivity index (χ0v) is 24.7. The van der Waals surface area contributed by atoms with Crippen molar-refractivity contribution in [2.75, 3.05) is 0 Å². The molecule has 0 saturated heterocycles. The lowest BCUT2D eigenvalue weighted by Crippen LogP contribution is -2.21. The third kappa shape index (κ3) is 6.27. The first-order chi connectivity index (χ1) is 20.3. The number of benzene rings is 5. The second kappa shape index (κ2) is 12.8. The molecule has 1 atom stereocenters. The van der Waals surface area contributed by atoms with Crippen LogP contribution in [-0.4, -0.2) is 11.3 Å². The summed E-state index contributed by atoms with van der Waals surface area (Å²) in [6, 6.07) is 35.9. The van der Waals surface area contributed by atoms with Gasteiger partial charge in [0.1, 0.15) is 11.5 Å². The first-order valence-electron chi connectivity index (χ1n) is 13.7. The second-order valence-electron chi connectivity index (χ2n) is 10.1. The number of hydrogen-bond acceptors (Lipinski definition) is 5. The highest BCUT2D eigenvalue weighted by Gasteiger charge is 2.28. The molecule has 5 aromatic carbocycles. The molecule has 6 heteroatoms. The monoisotopic (exact) mass is 574 g/mol. The van der Waals surface area contributed by atoms with Gasteiger partial charge >= 0.3 is 0 Å². The van der Waals surface area contributed by atoms with E-state index < -0.39 is 19.6 Å². The van der Waals surface area contributed by atoms with Crippen molar-refractivity contribution < 1.29 is 23.6 Å². The molecule has 0 N–H and O–H groups in total. The van der Waals surface area contributed by atoms with Crippen LogP contribution in [0.1, 0.15) is 54.8 Å². The van der Waals surface area contributed by atoms with Crippen LogP contribution in [0.4, 0.5) is 0 Å². The van der Waals surface area contributed by atoms with Gasteiger partial charge in [-0.1, -0.05) is 103 Å². The molecule has 0 aliphatic carbocycles. The summed E-state index contributed by atoms with van der Waals surface area (Å²) in [5, 5.41) is 0.233. The van der Waals surface area contributed by atoms with Gasteiger partial charge in [-0.2, -0.15) is 0 Å². The number of carbonyl (C=O) groups excluding carboxylic acids is 2. The maximum atomic E-state index is 14.2. The Morgan fingerprint density at radius 3 is 1.67 bits per heavy atom. The molecule has 5 nitrogen and oxygen atoms in total. The lowest BCUT2D eigenvalue weighted by atomic mass is 9.98. The van der Waals surface area contributed by atoms with Crippen molar-refractivity contribution in [3.63, 3.8) is 0 Å². The van der Waals surface area contributed by atoms with E-state index in [4.69, 9.17) is 9.47 Å². The van der Waals surface area contributed by atoms with Crippen molar-refractivity contribution in [2.24, 2.45) is 0 Å². The lowest BCUT2D eigenvalue weighted by Gasteiger charge is -2.23. The summed E-state index contributed by atoms with van der Waals surface area (Å²) in [6.07, 6.45) is -0.960. The van der Waals surface area contributed by atoms with Crippen LogP contribution >= 0.6 is 7.80 Å². The Morgan fingerprint density at radius 2 is 1.10 bits per heavy atom. The number of ketones is 1. The fourth-order valence-electron chi connectivity index (χ4n) is 5.10. The SMILES string of the molecule is Cc1cc(C)c(C(=O)[PH](=O)c2ccccc2C(=O)c2ccccc2C(Oc2ccccc2)Oc2ccccc2)c(C)c1. The maximum Gasteiger partial charge on any atom is 0.268 e. The Labute approximate surface area is 246 Å². The van der Waals surface area contributed by atoms with Crippen LogP contribution in [0.5, 0.6) is 11.5 Å². The topological polar surface area (TPSA) is 69.7 Å². The summed E-state index contributed by atoms with van der Waals surface area (Å²) < 4.78 is 26.3. The van der Waals surface area contributed by atoms with Gasteiger partial charge in [-0.3, -0.25) is 9.59 Å². The van der Waals surface area contributed by atoms with E-state index in [1.54, 1.807) is 42.5 Å². The summed E-state index contributed by atoms with van der Waals surface area (Å²) in [5.41, 5.74) is 3.59. The van der Waals surface area contributed by atoms with Crippen LogP contribution in [0, 0.1) is 20.8 Å². The number of ether oxygens (including phenoxy) is 2. The van der Waals surface area contributed by atoms with Crippen molar-refractivity contribution in [1.29, 1.82) is 0 Å². The van der Waals surface area contributed by atoms with Gasteiger partial charge in [0.15, 0.2) is 13.6 Å². The van der Waals surface area contributed by atoms with E-state index in [-0.39, 0.29) is 16.7 Å². The van der Waals surface area contributed by atoms with Gasteiger partial charge in [-0.15, -0.1) is 0 Å².